The van der Waals surface area contributed by atoms with E-state index in [2.05, 4.69) is 5.32 Å². The fourth-order valence-corrected chi connectivity index (χ4v) is 2.40. The van der Waals surface area contributed by atoms with Crippen LogP contribution in [-0.2, 0) is 11.3 Å². The third-order valence-corrected chi connectivity index (χ3v) is 4.15. The minimum Gasteiger partial charge on any atom is -0.319 e. The molecule has 24 heavy (non-hydrogen) atoms. The molecule has 0 saturated heterocycles. The SMILES string of the molecule is CC(C(=O)Nc1ccccc1[N+](=O)[O-])N(C)Cc1ccccc1Cl. The van der Waals surface area contributed by atoms with Gasteiger partial charge >= 0.3 is 0 Å². The molecular formula is C17H18ClN3O3. The zero-order valence-electron chi connectivity index (χ0n) is 13.4. The van der Waals surface area contributed by atoms with Gasteiger partial charge < -0.3 is 5.32 Å². The number of nitrogens with one attached hydrogen (secondary N) is 1. The lowest BCUT2D eigenvalue weighted by Gasteiger charge is -2.24. The second kappa shape index (κ2) is 7.90. The molecule has 7 heteroatoms. The number of hydrogen-bond acceptors (Lipinski definition) is 4. The summed E-state index contributed by atoms with van der Waals surface area (Å²) < 4.78 is 0. The molecule has 126 valence electrons. The Bertz CT molecular complexity index is 751. The summed E-state index contributed by atoms with van der Waals surface area (Å²) in [5, 5.41) is 14.3. The first-order valence-corrected chi connectivity index (χ1v) is 7.76. The van der Waals surface area contributed by atoms with Gasteiger partial charge in [0.05, 0.1) is 11.0 Å². The minimum atomic E-state index is -0.520. The Hall–Kier alpha value is -2.44. The minimum absolute atomic E-state index is 0.133. The molecule has 0 aliphatic carbocycles. The predicted octanol–water partition coefficient (Wildman–Crippen LogP) is 3.71. The van der Waals surface area contributed by atoms with Crippen LogP contribution in [-0.4, -0.2) is 28.8 Å². The van der Waals surface area contributed by atoms with Gasteiger partial charge in [0.2, 0.25) is 5.91 Å². The van der Waals surface area contributed by atoms with Crippen LogP contribution in [0.1, 0.15) is 12.5 Å². The highest BCUT2D eigenvalue weighted by molar-refractivity contribution is 6.31. The topological polar surface area (TPSA) is 75.5 Å². The van der Waals surface area contributed by atoms with Gasteiger partial charge in [0.25, 0.3) is 5.69 Å². The van der Waals surface area contributed by atoms with Crippen molar-refractivity contribution in [3.05, 3.63) is 69.2 Å². The van der Waals surface area contributed by atoms with Crippen molar-refractivity contribution in [2.24, 2.45) is 0 Å². The molecule has 0 aliphatic heterocycles. The van der Waals surface area contributed by atoms with Gasteiger partial charge in [0.15, 0.2) is 0 Å². The van der Waals surface area contributed by atoms with Crippen LogP contribution in [0.5, 0.6) is 0 Å². The first kappa shape index (κ1) is 17.9. The lowest BCUT2D eigenvalue weighted by Crippen LogP contribution is -2.39. The van der Waals surface area contributed by atoms with Crippen LogP contribution in [0.2, 0.25) is 5.02 Å². The lowest BCUT2D eigenvalue weighted by molar-refractivity contribution is -0.383. The average molecular weight is 348 g/mol. The lowest BCUT2D eigenvalue weighted by atomic mass is 10.2. The molecule has 0 fully saturated rings. The average Bonchev–Trinajstić information content (AvgIpc) is 2.56. The number of carbonyl (C=O) groups excluding carboxylic acids is 1. The van der Waals surface area contributed by atoms with Crippen LogP contribution < -0.4 is 5.32 Å². The number of nitro groups is 1. The molecule has 0 saturated carbocycles. The van der Waals surface area contributed by atoms with Crippen molar-refractivity contribution in [1.29, 1.82) is 0 Å². The molecule has 0 aliphatic rings. The number of halogens is 1. The molecule has 1 atom stereocenters. The van der Waals surface area contributed by atoms with Crippen LogP contribution in [0.3, 0.4) is 0 Å². The maximum atomic E-state index is 12.4. The van der Waals surface area contributed by atoms with Gasteiger partial charge in [-0.1, -0.05) is 41.9 Å². The van der Waals surface area contributed by atoms with Crippen LogP contribution in [0.4, 0.5) is 11.4 Å². The van der Waals surface area contributed by atoms with E-state index in [1.807, 2.05) is 23.1 Å². The molecule has 6 nitrogen and oxygen atoms in total. The summed E-state index contributed by atoms with van der Waals surface area (Å²) in [6.07, 6.45) is 0. The van der Waals surface area contributed by atoms with Crippen LogP contribution in [0, 0.1) is 10.1 Å². The van der Waals surface area contributed by atoms with E-state index >= 15 is 0 Å². The molecule has 2 aromatic rings. The number of benzene rings is 2. The molecule has 0 heterocycles. The van der Waals surface area contributed by atoms with E-state index in [1.165, 1.54) is 12.1 Å². The molecule has 0 aromatic heterocycles. The third-order valence-electron chi connectivity index (χ3n) is 3.78. The summed E-state index contributed by atoms with van der Waals surface area (Å²) in [5.74, 6) is -0.321. The smallest absolute Gasteiger partial charge is 0.292 e. The van der Waals surface area contributed by atoms with Gasteiger partial charge in [0, 0.05) is 17.6 Å². The van der Waals surface area contributed by atoms with Crippen molar-refractivity contribution < 1.29 is 9.72 Å². The summed E-state index contributed by atoms with van der Waals surface area (Å²) in [4.78, 5) is 24.7. The van der Waals surface area contributed by atoms with Gasteiger partial charge in [-0.05, 0) is 31.7 Å². The van der Waals surface area contributed by atoms with Crippen molar-refractivity contribution >= 4 is 28.9 Å². The highest BCUT2D eigenvalue weighted by atomic mass is 35.5. The number of amides is 1. The summed E-state index contributed by atoms with van der Waals surface area (Å²) in [6, 6.07) is 13.0. The predicted molar refractivity (Wildman–Crippen MR) is 94.1 cm³/mol. The van der Waals surface area contributed by atoms with E-state index in [0.717, 1.165) is 5.56 Å². The highest BCUT2D eigenvalue weighted by Gasteiger charge is 2.22. The van der Waals surface area contributed by atoms with Crippen molar-refractivity contribution in [2.45, 2.75) is 19.5 Å². The molecular weight excluding hydrogens is 330 g/mol. The Kier molecular flexibility index (Phi) is 5.89. The number of carbonyl (C=O) groups is 1. The van der Waals surface area contributed by atoms with E-state index in [-0.39, 0.29) is 17.3 Å². The van der Waals surface area contributed by atoms with Gasteiger partial charge in [0.1, 0.15) is 5.69 Å². The fourth-order valence-electron chi connectivity index (χ4n) is 2.21. The van der Waals surface area contributed by atoms with Gasteiger partial charge in [-0.25, -0.2) is 0 Å². The van der Waals surface area contributed by atoms with Crippen molar-refractivity contribution in [3.63, 3.8) is 0 Å². The Morgan fingerprint density at radius 3 is 2.54 bits per heavy atom. The number of nitro benzene ring substituents is 1. The van der Waals surface area contributed by atoms with Crippen molar-refractivity contribution in [2.75, 3.05) is 12.4 Å². The molecule has 0 bridgehead atoms. The largest absolute Gasteiger partial charge is 0.319 e. The number of rotatable bonds is 6. The van der Waals surface area contributed by atoms with E-state index in [9.17, 15) is 14.9 Å². The zero-order valence-corrected chi connectivity index (χ0v) is 14.2. The Morgan fingerprint density at radius 2 is 1.88 bits per heavy atom. The first-order valence-electron chi connectivity index (χ1n) is 7.38. The molecule has 2 aromatic carbocycles. The number of likely N-dealkylation sites (N-methyl/N-ethyl adjacent to an activating group) is 1. The fraction of sp³-hybridized carbons (Fsp3) is 0.235. The second-order valence-corrected chi connectivity index (χ2v) is 5.85. The number of para-hydroxylation sites is 2. The monoisotopic (exact) mass is 347 g/mol. The first-order chi connectivity index (χ1) is 11.4. The van der Waals surface area contributed by atoms with Gasteiger partial charge in [-0.2, -0.15) is 0 Å². The maximum Gasteiger partial charge on any atom is 0.292 e. The van der Waals surface area contributed by atoms with Crippen LogP contribution >= 0.6 is 11.6 Å². The molecule has 0 radical (unpaired) electrons. The van der Waals surface area contributed by atoms with E-state index < -0.39 is 11.0 Å². The van der Waals surface area contributed by atoms with Crippen molar-refractivity contribution in [3.8, 4) is 0 Å². The van der Waals surface area contributed by atoms with E-state index in [1.54, 1.807) is 32.2 Å². The summed E-state index contributed by atoms with van der Waals surface area (Å²) in [6.45, 7) is 2.23. The van der Waals surface area contributed by atoms with E-state index in [0.29, 0.717) is 11.6 Å². The molecule has 1 amide bonds. The Labute approximate surface area is 145 Å². The van der Waals surface area contributed by atoms with Crippen molar-refractivity contribution in [1.82, 2.24) is 4.90 Å². The molecule has 1 unspecified atom stereocenters. The second-order valence-electron chi connectivity index (χ2n) is 5.45. The number of nitrogens with zero attached hydrogens (tertiary/aromatic N) is 2. The molecule has 1 N–H and O–H groups in total. The standard InChI is InChI=1S/C17H18ClN3O3/c1-12(20(2)11-13-7-3-4-8-14(13)18)17(22)19-15-9-5-6-10-16(15)21(23)24/h3-10,12H,11H2,1-2H3,(H,19,22). The third kappa shape index (κ3) is 4.31. The van der Waals surface area contributed by atoms with E-state index in [4.69, 9.17) is 11.6 Å². The molecule has 2 rings (SSSR count). The Balaban J connectivity index is 2.07. The van der Waals surface area contributed by atoms with Gasteiger partial charge in [-0.3, -0.25) is 19.8 Å². The van der Waals surface area contributed by atoms with Crippen LogP contribution in [0.15, 0.2) is 48.5 Å². The Morgan fingerprint density at radius 1 is 1.25 bits per heavy atom. The zero-order chi connectivity index (χ0) is 17.7. The van der Waals surface area contributed by atoms with Gasteiger partial charge in [-0.15, -0.1) is 0 Å². The maximum absolute atomic E-state index is 12.4. The normalized spacial score (nSPS) is 12.0. The summed E-state index contributed by atoms with van der Waals surface area (Å²) >= 11 is 6.14. The summed E-state index contributed by atoms with van der Waals surface area (Å²) in [7, 11) is 1.80. The molecule has 0 spiro atoms. The summed E-state index contributed by atoms with van der Waals surface area (Å²) in [5.41, 5.74) is 0.962. The quantitative estimate of drug-likeness (QED) is 0.638. The van der Waals surface area contributed by atoms with Crippen LogP contribution in [0.25, 0.3) is 0 Å². The number of anilines is 1. The highest BCUT2D eigenvalue weighted by Crippen LogP contribution is 2.24. The number of hydrogen-bond donors (Lipinski definition) is 1.